The number of carbonyl (C=O) groups excluding carboxylic acids is 2. The molecule has 0 bridgehead atoms. The number of thiophene rings is 1. The normalized spacial score (nSPS) is 18.1. The molecule has 0 atom stereocenters. The number of rotatable bonds is 2. The van der Waals surface area contributed by atoms with Gasteiger partial charge in [-0.2, -0.15) is 5.26 Å². The Hall–Kier alpha value is -2.30. The van der Waals surface area contributed by atoms with E-state index in [1.165, 1.54) is 16.9 Å². The summed E-state index contributed by atoms with van der Waals surface area (Å²) in [6.45, 7) is 3.99. The summed E-state index contributed by atoms with van der Waals surface area (Å²) >= 11 is 2.63. The van der Waals surface area contributed by atoms with Gasteiger partial charge in [0, 0.05) is 16.3 Å². The molecule has 0 radical (unpaired) electrons. The lowest BCUT2D eigenvalue weighted by atomic mass is 9.96. The number of imide groups is 1. The maximum atomic E-state index is 11.8. The average molecular weight is 383 g/mol. The van der Waals surface area contributed by atoms with Crippen LogP contribution < -0.4 is 5.32 Å². The molecule has 2 aromatic heterocycles. The number of fused-ring (bicyclic) bond motifs is 1. The summed E-state index contributed by atoms with van der Waals surface area (Å²) in [4.78, 5) is 24.9. The zero-order valence-corrected chi connectivity index (χ0v) is 16.1. The smallest absolute Gasteiger partial charge is 0.290 e. The third-order valence-electron chi connectivity index (χ3n) is 4.87. The SMILES string of the molecule is Cc1cc(C=C2SC(=O)NC2=O)c(C)n1-c1sc2c(c1C#N)CCCC2. The lowest BCUT2D eigenvalue weighted by molar-refractivity contribution is -0.115. The molecule has 0 spiro atoms. The highest BCUT2D eigenvalue weighted by molar-refractivity contribution is 8.18. The summed E-state index contributed by atoms with van der Waals surface area (Å²) < 4.78 is 2.10. The molecule has 2 amide bonds. The van der Waals surface area contributed by atoms with Crippen molar-refractivity contribution in [1.29, 1.82) is 5.26 Å². The highest BCUT2D eigenvalue weighted by Crippen LogP contribution is 2.38. The summed E-state index contributed by atoms with van der Waals surface area (Å²) in [5, 5.41) is 12.7. The van der Waals surface area contributed by atoms with Gasteiger partial charge in [-0.25, -0.2) is 0 Å². The molecule has 4 rings (SSSR count). The summed E-state index contributed by atoms with van der Waals surface area (Å²) in [7, 11) is 0. The van der Waals surface area contributed by atoms with E-state index in [4.69, 9.17) is 0 Å². The van der Waals surface area contributed by atoms with Crippen molar-refractivity contribution in [2.45, 2.75) is 39.5 Å². The molecule has 0 aromatic carbocycles. The van der Waals surface area contributed by atoms with E-state index >= 15 is 0 Å². The predicted molar refractivity (Wildman–Crippen MR) is 104 cm³/mol. The average Bonchev–Trinajstić information content (AvgIpc) is 3.21. The van der Waals surface area contributed by atoms with E-state index in [-0.39, 0.29) is 11.1 Å². The van der Waals surface area contributed by atoms with Gasteiger partial charge in [-0.3, -0.25) is 14.9 Å². The van der Waals surface area contributed by atoms with E-state index in [0.717, 1.165) is 58.5 Å². The van der Waals surface area contributed by atoms with Crippen LogP contribution in [0.15, 0.2) is 11.0 Å². The van der Waals surface area contributed by atoms with Crippen LogP contribution in [0.4, 0.5) is 4.79 Å². The van der Waals surface area contributed by atoms with Gasteiger partial charge in [-0.1, -0.05) is 0 Å². The fourth-order valence-electron chi connectivity index (χ4n) is 3.63. The molecule has 1 N–H and O–H groups in total. The second-order valence-corrected chi connectivity index (χ2v) is 8.62. The Morgan fingerprint density at radius 2 is 2.04 bits per heavy atom. The fraction of sp³-hybridized carbons (Fsp3) is 0.316. The Morgan fingerprint density at radius 3 is 2.73 bits per heavy atom. The first-order valence-electron chi connectivity index (χ1n) is 8.48. The topological polar surface area (TPSA) is 74.9 Å². The first-order valence-corrected chi connectivity index (χ1v) is 10.1. The Morgan fingerprint density at radius 1 is 1.27 bits per heavy atom. The summed E-state index contributed by atoms with van der Waals surface area (Å²) in [6.07, 6.45) is 6.09. The van der Waals surface area contributed by atoms with Crippen molar-refractivity contribution in [3.05, 3.63) is 43.9 Å². The molecule has 26 heavy (non-hydrogen) atoms. The molecular formula is C19H17N3O2S2. The van der Waals surface area contributed by atoms with Crippen LogP contribution in [0.5, 0.6) is 0 Å². The molecule has 2 aliphatic rings. The molecule has 1 aliphatic heterocycles. The van der Waals surface area contributed by atoms with E-state index in [1.54, 1.807) is 17.4 Å². The zero-order chi connectivity index (χ0) is 18.4. The second-order valence-electron chi connectivity index (χ2n) is 6.52. The fourth-order valence-corrected chi connectivity index (χ4v) is 5.76. The highest BCUT2D eigenvalue weighted by Gasteiger charge is 2.27. The number of hydrogen-bond acceptors (Lipinski definition) is 5. The van der Waals surface area contributed by atoms with Crippen LogP contribution in [-0.2, 0) is 17.6 Å². The van der Waals surface area contributed by atoms with Gasteiger partial charge in [0.05, 0.1) is 10.5 Å². The monoisotopic (exact) mass is 383 g/mol. The largest absolute Gasteiger partial charge is 0.308 e. The molecule has 1 fully saturated rings. The minimum absolute atomic E-state index is 0.340. The van der Waals surface area contributed by atoms with Crippen molar-refractivity contribution >= 4 is 40.3 Å². The maximum Gasteiger partial charge on any atom is 0.290 e. The molecule has 1 saturated heterocycles. The lowest BCUT2D eigenvalue weighted by Crippen LogP contribution is -2.17. The van der Waals surface area contributed by atoms with Crippen LogP contribution in [0.3, 0.4) is 0 Å². The Kier molecular flexibility index (Phi) is 4.25. The van der Waals surface area contributed by atoms with Crippen molar-refractivity contribution in [2.75, 3.05) is 0 Å². The Balaban J connectivity index is 1.83. The minimum atomic E-state index is -0.353. The molecular weight excluding hydrogens is 366 g/mol. The Labute approximate surface area is 159 Å². The van der Waals surface area contributed by atoms with Crippen molar-refractivity contribution in [2.24, 2.45) is 0 Å². The van der Waals surface area contributed by atoms with Gasteiger partial charge in [-0.15, -0.1) is 11.3 Å². The molecule has 3 heterocycles. The third-order valence-corrected chi connectivity index (χ3v) is 6.95. The van der Waals surface area contributed by atoms with Gasteiger partial charge in [0.2, 0.25) is 0 Å². The molecule has 0 saturated carbocycles. The van der Waals surface area contributed by atoms with Crippen LogP contribution >= 0.6 is 23.1 Å². The van der Waals surface area contributed by atoms with E-state index in [2.05, 4.69) is 16.0 Å². The predicted octanol–water partition coefficient (Wildman–Crippen LogP) is 4.23. The first-order chi connectivity index (χ1) is 12.5. The van der Waals surface area contributed by atoms with Gasteiger partial charge in [0.15, 0.2) is 0 Å². The first kappa shape index (κ1) is 17.1. The zero-order valence-electron chi connectivity index (χ0n) is 14.5. The number of thioether (sulfide) groups is 1. The van der Waals surface area contributed by atoms with Crippen LogP contribution in [0.25, 0.3) is 11.1 Å². The van der Waals surface area contributed by atoms with Crippen LogP contribution in [0.1, 0.15) is 45.8 Å². The van der Waals surface area contributed by atoms with Crippen LogP contribution in [0.2, 0.25) is 0 Å². The number of nitrogens with one attached hydrogen (secondary N) is 1. The molecule has 0 unspecified atom stereocenters. The number of aryl methyl sites for hydroxylation is 2. The van der Waals surface area contributed by atoms with Gasteiger partial charge < -0.3 is 4.57 Å². The molecule has 2 aromatic rings. The van der Waals surface area contributed by atoms with Crippen molar-refractivity contribution < 1.29 is 9.59 Å². The van der Waals surface area contributed by atoms with E-state index in [9.17, 15) is 14.9 Å². The highest BCUT2D eigenvalue weighted by atomic mass is 32.2. The van der Waals surface area contributed by atoms with Gasteiger partial charge in [-0.05, 0) is 74.6 Å². The van der Waals surface area contributed by atoms with E-state index in [0.29, 0.717) is 4.91 Å². The standard InChI is InChI=1S/C19H17N3O2S2/c1-10-7-12(8-16-17(23)21-19(24)26-16)11(2)22(10)18-14(9-20)13-5-3-4-6-15(13)25-18/h7-8H,3-6H2,1-2H3,(H,21,23,24). The van der Waals surface area contributed by atoms with Crippen LogP contribution in [0, 0.1) is 25.2 Å². The maximum absolute atomic E-state index is 11.8. The van der Waals surface area contributed by atoms with Gasteiger partial charge in [0.1, 0.15) is 11.1 Å². The summed E-state index contributed by atoms with van der Waals surface area (Å²) in [5.74, 6) is -0.353. The minimum Gasteiger partial charge on any atom is -0.308 e. The molecule has 1 aliphatic carbocycles. The van der Waals surface area contributed by atoms with Gasteiger partial charge >= 0.3 is 0 Å². The molecule has 7 heteroatoms. The molecule has 5 nitrogen and oxygen atoms in total. The Bertz CT molecular complexity index is 1020. The quantitative estimate of drug-likeness (QED) is 0.788. The van der Waals surface area contributed by atoms with Crippen LogP contribution in [-0.4, -0.2) is 15.7 Å². The summed E-state index contributed by atoms with van der Waals surface area (Å²) in [5.41, 5.74) is 4.87. The van der Waals surface area contributed by atoms with Gasteiger partial charge in [0.25, 0.3) is 11.1 Å². The number of carbonyl (C=O) groups is 2. The van der Waals surface area contributed by atoms with Crippen molar-refractivity contribution in [3.63, 3.8) is 0 Å². The molecule has 132 valence electrons. The van der Waals surface area contributed by atoms with Crippen molar-refractivity contribution in [1.82, 2.24) is 9.88 Å². The van der Waals surface area contributed by atoms with E-state index < -0.39 is 0 Å². The summed E-state index contributed by atoms with van der Waals surface area (Å²) in [6, 6.07) is 4.41. The third kappa shape index (κ3) is 2.70. The second kappa shape index (κ2) is 6.45. The number of nitriles is 1. The number of nitrogens with zero attached hydrogens (tertiary/aromatic N) is 2. The number of aromatic nitrogens is 1. The number of amides is 2. The van der Waals surface area contributed by atoms with Crippen molar-refractivity contribution in [3.8, 4) is 11.1 Å². The van der Waals surface area contributed by atoms with E-state index in [1.807, 2.05) is 19.9 Å². The number of hydrogen-bond donors (Lipinski definition) is 1. The lowest BCUT2D eigenvalue weighted by Gasteiger charge is -2.10.